The largest absolute Gasteiger partial charge is 0.345 e. The summed E-state index contributed by atoms with van der Waals surface area (Å²) < 4.78 is 1.30. The van der Waals surface area contributed by atoms with Crippen LogP contribution in [0.3, 0.4) is 0 Å². The second-order valence-electron chi connectivity index (χ2n) is 7.82. The molecule has 8 nitrogen and oxygen atoms in total. The molecule has 2 aliphatic heterocycles. The molecule has 2 aromatic rings. The van der Waals surface area contributed by atoms with Crippen LogP contribution in [0.25, 0.3) is 10.8 Å². The van der Waals surface area contributed by atoms with E-state index >= 15 is 0 Å². The van der Waals surface area contributed by atoms with Crippen LogP contribution < -0.4 is 10.9 Å². The van der Waals surface area contributed by atoms with Gasteiger partial charge in [-0.1, -0.05) is 18.2 Å². The van der Waals surface area contributed by atoms with Crippen LogP contribution in [-0.4, -0.2) is 58.2 Å². The number of rotatable bonds is 2. The molecular formula is C20H25N5O3. The van der Waals surface area contributed by atoms with Crippen molar-refractivity contribution in [2.24, 2.45) is 12.5 Å². The molecule has 2 fully saturated rings. The highest BCUT2D eigenvalue weighted by Gasteiger charge is 2.47. The Morgan fingerprint density at radius 1 is 1.07 bits per heavy atom. The van der Waals surface area contributed by atoms with Gasteiger partial charge in [0.2, 0.25) is 5.91 Å². The summed E-state index contributed by atoms with van der Waals surface area (Å²) >= 11 is 0. The first-order chi connectivity index (χ1) is 13.4. The number of likely N-dealkylation sites (tertiary alicyclic amines) is 2. The van der Waals surface area contributed by atoms with E-state index < -0.39 is 0 Å². The predicted octanol–water partition coefficient (Wildman–Crippen LogP) is 1.09. The number of nitrogens with one attached hydrogen (secondary N) is 1. The number of hydrogen-bond donors (Lipinski definition) is 1. The van der Waals surface area contributed by atoms with E-state index in [4.69, 9.17) is 0 Å². The van der Waals surface area contributed by atoms with Crippen LogP contribution in [0.4, 0.5) is 4.79 Å². The summed E-state index contributed by atoms with van der Waals surface area (Å²) in [5.41, 5.74) is 0.228. The van der Waals surface area contributed by atoms with Gasteiger partial charge in [-0.25, -0.2) is 9.48 Å². The maximum absolute atomic E-state index is 12.6. The summed E-state index contributed by atoms with van der Waals surface area (Å²) in [5.74, 6) is 0.216. The number of fused-ring (bicyclic) bond motifs is 1. The van der Waals surface area contributed by atoms with E-state index in [9.17, 15) is 14.4 Å². The van der Waals surface area contributed by atoms with Gasteiger partial charge in [-0.2, -0.15) is 5.10 Å². The molecule has 1 aromatic carbocycles. The van der Waals surface area contributed by atoms with Crippen LogP contribution in [0, 0.1) is 5.41 Å². The van der Waals surface area contributed by atoms with Crippen LogP contribution in [0.15, 0.2) is 29.1 Å². The van der Waals surface area contributed by atoms with Crippen molar-refractivity contribution in [2.45, 2.75) is 25.8 Å². The standard InChI is InChI=1S/C20H25N5O3/c1-23-10-7-20(18(23)27)8-11-25(12-9-20)19(28)21-13-16-14-5-3-4-6-15(14)17(26)24(2)22-16/h3-6H,7-13H2,1-2H3,(H,21,28). The molecule has 0 aliphatic carbocycles. The van der Waals surface area contributed by atoms with Crippen molar-refractivity contribution in [1.82, 2.24) is 24.9 Å². The molecule has 3 heterocycles. The Hall–Kier alpha value is -2.90. The summed E-state index contributed by atoms with van der Waals surface area (Å²) in [6.45, 7) is 2.20. The molecule has 0 unspecified atom stereocenters. The Bertz CT molecular complexity index is 991. The van der Waals surface area contributed by atoms with Crippen LogP contribution in [0.5, 0.6) is 0 Å². The first-order valence-corrected chi connectivity index (χ1v) is 9.65. The Balaban J connectivity index is 1.42. The van der Waals surface area contributed by atoms with Crippen molar-refractivity contribution in [3.8, 4) is 0 Å². The van der Waals surface area contributed by atoms with Gasteiger partial charge in [-0.3, -0.25) is 9.59 Å². The zero-order valence-corrected chi connectivity index (χ0v) is 16.3. The van der Waals surface area contributed by atoms with Gasteiger partial charge >= 0.3 is 6.03 Å². The maximum Gasteiger partial charge on any atom is 0.317 e. The maximum atomic E-state index is 12.6. The van der Waals surface area contributed by atoms with E-state index in [2.05, 4.69) is 10.4 Å². The van der Waals surface area contributed by atoms with Crippen LogP contribution >= 0.6 is 0 Å². The molecule has 1 N–H and O–H groups in total. The van der Waals surface area contributed by atoms with E-state index in [1.165, 1.54) is 4.68 Å². The molecule has 0 radical (unpaired) electrons. The molecule has 0 saturated carbocycles. The third-order valence-corrected chi connectivity index (χ3v) is 6.17. The first kappa shape index (κ1) is 18.5. The molecule has 1 aromatic heterocycles. The lowest BCUT2D eigenvalue weighted by molar-refractivity contribution is -0.137. The molecule has 28 heavy (non-hydrogen) atoms. The average molecular weight is 383 g/mol. The van der Waals surface area contributed by atoms with Crippen molar-refractivity contribution < 1.29 is 9.59 Å². The van der Waals surface area contributed by atoms with Gasteiger partial charge in [0.1, 0.15) is 0 Å². The smallest absolute Gasteiger partial charge is 0.317 e. The van der Waals surface area contributed by atoms with Crippen LogP contribution in [0.1, 0.15) is 25.0 Å². The number of piperidine rings is 1. The van der Waals surface area contributed by atoms with Crippen LogP contribution in [0.2, 0.25) is 0 Å². The van der Waals surface area contributed by atoms with Gasteiger partial charge in [0.05, 0.1) is 23.0 Å². The van der Waals surface area contributed by atoms with Crippen molar-refractivity contribution in [3.05, 3.63) is 40.3 Å². The van der Waals surface area contributed by atoms with Crippen molar-refractivity contribution in [3.63, 3.8) is 0 Å². The molecule has 3 amide bonds. The monoisotopic (exact) mass is 383 g/mol. The number of nitrogens with zero attached hydrogens (tertiary/aromatic N) is 4. The van der Waals surface area contributed by atoms with Crippen molar-refractivity contribution in [2.75, 3.05) is 26.7 Å². The number of aromatic nitrogens is 2. The number of carbonyl (C=O) groups excluding carboxylic acids is 2. The number of benzene rings is 1. The molecule has 4 rings (SSSR count). The third-order valence-electron chi connectivity index (χ3n) is 6.17. The minimum absolute atomic E-state index is 0.154. The predicted molar refractivity (Wildman–Crippen MR) is 105 cm³/mol. The van der Waals surface area contributed by atoms with Gasteiger partial charge in [0.15, 0.2) is 0 Å². The lowest BCUT2D eigenvalue weighted by atomic mass is 9.77. The fourth-order valence-electron chi connectivity index (χ4n) is 4.37. The van der Waals surface area contributed by atoms with Crippen molar-refractivity contribution in [1.29, 1.82) is 0 Å². The zero-order chi connectivity index (χ0) is 19.9. The van der Waals surface area contributed by atoms with Crippen molar-refractivity contribution >= 4 is 22.7 Å². The summed E-state index contributed by atoms with van der Waals surface area (Å²) in [4.78, 5) is 40.8. The van der Waals surface area contributed by atoms with E-state index in [-0.39, 0.29) is 29.5 Å². The molecule has 8 heteroatoms. The number of hydrogen-bond acceptors (Lipinski definition) is 4. The second-order valence-corrected chi connectivity index (χ2v) is 7.82. The van der Waals surface area contributed by atoms with Gasteiger partial charge in [0, 0.05) is 39.1 Å². The third kappa shape index (κ3) is 3.02. The Morgan fingerprint density at radius 2 is 1.71 bits per heavy atom. The SMILES string of the molecule is CN1CCC2(CCN(C(=O)NCc3nn(C)c(=O)c4ccccc34)CC2)C1=O. The quantitative estimate of drug-likeness (QED) is 0.841. The Labute approximate surface area is 163 Å². The highest BCUT2D eigenvalue weighted by atomic mass is 16.2. The Morgan fingerprint density at radius 3 is 2.36 bits per heavy atom. The summed E-state index contributed by atoms with van der Waals surface area (Å²) in [6, 6.07) is 7.13. The minimum atomic E-state index is -0.277. The molecule has 0 atom stereocenters. The van der Waals surface area contributed by atoms with Gasteiger partial charge < -0.3 is 15.1 Å². The number of urea groups is 1. The highest BCUT2D eigenvalue weighted by Crippen LogP contribution is 2.40. The van der Waals surface area contributed by atoms with E-state index in [1.54, 1.807) is 22.9 Å². The van der Waals surface area contributed by atoms with E-state index in [1.807, 2.05) is 25.2 Å². The van der Waals surface area contributed by atoms with E-state index in [0.29, 0.717) is 37.0 Å². The number of aryl methyl sites for hydroxylation is 1. The lowest BCUT2D eigenvalue weighted by Crippen LogP contribution is -2.49. The zero-order valence-electron chi connectivity index (χ0n) is 16.3. The normalized spacial score (nSPS) is 18.9. The van der Waals surface area contributed by atoms with Crippen LogP contribution in [-0.2, 0) is 18.4 Å². The molecule has 1 spiro atoms. The number of amides is 3. The first-order valence-electron chi connectivity index (χ1n) is 9.65. The lowest BCUT2D eigenvalue weighted by Gasteiger charge is -2.37. The molecular weight excluding hydrogens is 358 g/mol. The molecule has 2 saturated heterocycles. The average Bonchev–Trinajstić information content (AvgIpc) is 2.98. The van der Waals surface area contributed by atoms with Gasteiger partial charge in [-0.05, 0) is 25.3 Å². The summed E-state index contributed by atoms with van der Waals surface area (Å²) in [6.07, 6.45) is 2.31. The number of carbonyl (C=O) groups is 2. The fraction of sp³-hybridized carbons (Fsp3) is 0.500. The summed E-state index contributed by atoms with van der Waals surface area (Å²) in [7, 11) is 3.46. The fourth-order valence-corrected chi connectivity index (χ4v) is 4.37. The Kier molecular flexibility index (Phi) is 4.56. The molecule has 2 aliphatic rings. The summed E-state index contributed by atoms with van der Waals surface area (Å²) in [5, 5.41) is 8.58. The second kappa shape index (κ2) is 6.92. The molecule has 0 bridgehead atoms. The van der Waals surface area contributed by atoms with Gasteiger partial charge in [-0.15, -0.1) is 0 Å². The minimum Gasteiger partial charge on any atom is -0.345 e. The van der Waals surface area contributed by atoms with Gasteiger partial charge in [0.25, 0.3) is 5.56 Å². The van der Waals surface area contributed by atoms with E-state index in [0.717, 1.165) is 18.4 Å². The highest BCUT2D eigenvalue weighted by molar-refractivity contribution is 5.85. The molecule has 148 valence electrons. The topological polar surface area (TPSA) is 87.5 Å².